The summed E-state index contributed by atoms with van der Waals surface area (Å²) in [6.45, 7) is 5.47. The number of hydrogen-bond acceptors (Lipinski definition) is 2. The van der Waals surface area contributed by atoms with E-state index in [1.165, 1.54) is 57.1 Å². The van der Waals surface area contributed by atoms with Crippen LogP contribution in [0.4, 0.5) is 8.78 Å². The maximum absolute atomic E-state index is 14.6. The first-order valence-electron chi connectivity index (χ1n) is 12.9. The highest BCUT2D eigenvalue weighted by molar-refractivity contribution is 5.35. The van der Waals surface area contributed by atoms with Gasteiger partial charge in [-0.05, 0) is 80.2 Å². The molecule has 4 rings (SSSR count). The third-order valence-corrected chi connectivity index (χ3v) is 8.24. The van der Waals surface area contributed by atoms with E-state index in [4.69, 9.17) is 9.47 Å². The Labute approximate surface area is 192 Å². The molecule has 0 saturated heterocycles. The summed E-state index contributed by atoms with van der Waals surface area (Å²) in [5, 5.41) is 0. The standard InChI is InChI=1S/C28H40F2O2/c1-19-3-7-21(8-4-19)17-31-25-15-16-26(28(30)27(25)29)32-18-22-9-13-24(14-10-22)23-11-5-20(2)6-12-23/h9,13,15-16,19-24H,3-8,10-12,14,17-18H2,1-2H3. The van der Waals surface area contributed by atoms with E-state index in [0.29, 0.717) is 25.0 Å². The van der Waals surface area contributed by atoms with Gasteiger partial charge in [-0.3, -0.25) is 0 Å². The molecule has 0 N–H and O–H groups in total. The van der Waals surface area contributed by atoms with Gasteiger partial charge in [0.05, 0.1) is 13.2 Å². The molecule has 0 aromatic heterocycles. The van der Waals surface area contributed by atoms with Crippen LogP contribution in [0, 0.1) is 47.1 Å². The van der Waals surface area contributed by atoms with Crippen molar-refractivity contribution in [2.24, 2.45) is 35.5 Å². The van der Waals surface area contributed by atoms with Crippen molar-refractivity contribution in [1.82, 2.24) is 0 Å². The molecule has 2 nitrogen and oxygen atoms in total. The Balaban J connectivity index is 1.25. The lowest BCUT2D eigenvalue weighted by Crippen LogP contribution is -2.24. The number of hydrogen-bond donors (Lipinski definition) is 0. The number of ether oxygens (including phenoxy) is 2. The summed E-state index contributed by atoms with van der Waals surface area (Å²) in [6.07, 6.45) is 16.8. The van der Waals surface area contributed by atoms with E-state index in [0.717, 1.165) is 37.0 Å². The molecule has 2 fully saturated rings. The Morgan fingerprint density at radius 1 is 0.688 bits per heavy atom. The van der Waals surface area contributed by atoms with Gasteiger partial charge in [-0.15, -0.1) is 0 Å². The molecule has 178 valence electrons. The van der Waals surface area contributed by atoms with Crippen LogP contribution in [-0.4, -0.2) is 13.2 Å². The van der Waals surface area contributed by atoms with Gasteiger partial charge in [0.25, 0.3) is 0 Å². The highest BCUT2D eigenvalue weighted by Crippen LogP contribution is 2.38. The molecule has 2 unspecified atom stereocenters. The largest absolute Gasteiger partial charge is 0.490 e. The molecular formula is C28H40F2O2. The van der Waals surface area contributed by atoms with Crippen molar-refractivity contribution in [3.8, 4) is 11.5 Å². The van der Waals surface area contributed by atoms with Crippen LogP contribution in [0.25, 0.3) is 0 Å². The quantitative estimate of drug-likeness (QED) is 0.396. The molecule has 3 aliphatic rings. The average Bonchev–Trinajstić information content (AvgIpc) is 2.81. The Morgan fingerprint density at radius 2 is 1.25 bits per heavy atom. The average molecular weight is 447 g/mol. The number of rotatable bonds is 7. The molecule has 2 atom stereocenters. The minimum atomic E-state index is -0.936. The fourth-order valence-electron chi connectivity index (χ4n) is 5.78. The Bertz CT molecular complexity index is 761. The molecule has 4 heteroatoms. The van der Waals surface area contributed by atoms with Gasteiger partial charge >= 0.3 is 0 Å². The number of benzene rings is 1. The van der Waals surface area contributed by atoms with Gasteiger partial charge in [0.15, 0.2) is 11.5 Å². The van der Waals surface area contributed by atoms with Crippen molar-refractivity contribution in [3.05, 3.63) is 35.9 Å². The molecule has 0 bridgehead atoms. The van der Waals surface area contributed by atoms with Gasteiger partial charge < -0.3 is 9.47 Å². The van der Waals surface area contributed by atoms with Gasteiger partial charge in [-0.25, -0.2) is 0 Å². The highest BCUT2D eigenvalue weighted by Gasteiger charge is 2.27. The Hall–Kier alpha value is -1.58. The smallest absolute Gasteiger partial charge is 0.204 e. The molecule has 1 aromatic carbocycles. The van der Waals surface area contributed by atoms with Crippen molar-refractivity contribution in [2.75, 3.05) is 13.2 Å². The van der Waals surface area contributed by atoms with Crippen LogP contribution < -0.4 is 9.47 Å². The number of halogens is 2. The van der Waals surface area contributed by atoms with E-state index in [9.17, 15) is 8.78 Å². The molecule has 0 spiro atoms. The van der Waals surface area contributed by atoms with Crippen LogP contribution >= 0.6 is 0 Å². The zero-order valence-corrected chi connectivity index (χ0v) is 19.8. The summed E-state index contributed by atoms with van der Waals surface area (Å²) in [6, 6.07) is 3.02. The predicted octanol–water partition coefficient (Wildman–Crippen LogP) is 7.96. The zero-order valence-electron chi connectivity index (χ0n) is 19.8. The third-order valence-electron chi connectivity index (χ3n) is 8.24. The second kappa shape index (κ2) is 11.0. The van der Waals surface area contributed by atoms with Crippen molar-refractivity contribution < 1.29 is 18.3 Å². The van der Waals surface area contributed by atoms with Crippen LogP contribution in [0.1, 0.15) is 78.1 Å². The fraction of sp³-hybridized carbons (Fsp3) is 0.714. The molecule has 2 saturated carbocycles. The lowest BCUT2D eigenvalue weighted by molar-refractivity contribution is 0.180. The van der Waals surface area contributed by atoms with Crippen molar-refractivity contribution in [3.63, 3.8) is 0 Å². The van der Waals surface area contributed by atoms with Crippen molar-refractivity contribution in [2.45, 2.75) is 78.1 Å². The highest BCUT2D eigenvalue weighted by atomic mass is 19.2. The minimum Gasteiger partial charge on any atom is -0.490 e. The van der Waals surface area contributed by atoms with Crippen molar-refractivity contribution in [1.29, 1.82) is 0 Å². The molecule has 0 radical (unpaired) electrons. The van der Waals surface area contributed by atoms with E-state index < -0.39 is 11.6 Å². The van der Waals surface area contributed by atoms with E-state index in [1.807, 2.05) is 0 Å². The fourth-order valence-corrected chi connectivity index (χ4v) is 5.78. The molecule has 0 amide bonds. The maximum atomic E-state index is 14.6. The summed E-state index contributed by atoms with van der Waals surface area (Å²) in [5.74, 6) is 1.95. The zero-order chi connectivity index (χ0) is 22.5. The van der Waals surface area contributed by atoms with Gasteiger partial charge in [0, 0.05) is 5.92 Å². The van der Waals surface area contributed by atoms with Crippen molar-refractivity contribution >= 4 is 0 Å². The third kappa shape index (κ3) is 6.05. The predicted molar refractivity (Wildman–Crippen MR) is 125 cm³/mol. The van der Waals surface area contributed by atoms with Gasteiger partial charge in [0.1, 0.15) is 0 Å². The molecule has 0 aliphatic heterocycles. The SMILES string of the molecule is CC1CCC(COc2ccc(OCC3C=CC(C4CCC(C)CC4)CC3)c(F)c2F)CC1. The second-order valence-corrected chi connectivity index (χ2v) is 10.8. The molecule has 1 aromatic rings. The van der Waals surface area contributed by atoms with Crippen LogP contribution in [0.15, 0.2) is 24.3 Å². The Morgan fingerprint density at radius 3 is 1.81 bits per heavy atom. The summed E-state index contributed by atoms with van der Waals surface area (Å²) >= 11 is 0. The first-order valence-corrected chi connectivity index (χ1v) is 12.9. The van der Waals surface area contributed by atoms with Gasteiger partial charge in [0.2, 0.25) is 11.6 Å². The Kier molecular flexibility index (Phi) is 8.12. The normalized spacial score (nSPS) is 33.1. The monoisotopic (exact) mass is 446 g/mol. The van der Waals surface area contributed by atoms with E-state index in [2.05, 4.69) is 26.0 Å². The first kappa shape index (κ1) is 23.6. The lowest BCUT2D eigenvalue weighted by atomic mass is 9.72. The van der Waals surface area contributed by atoms with E-state index in [-0.39, 0.29) is 17.4 Å². The number of allylic oxidation sites excluding steroid dienone is 1. The minimum absolute atomic E-state index is 0.00400. The summed E-state index contributed by atoms with van der Waals surface area (Å²) < 4.78 is 40.4. The summed E-state index contributed by atoms with van der Waals surface area (Å²) in [7, 11) is 0. The summed E-state index contributed by atoms with van der Waals surface area (Å²) in [4.78, 5) is 0. The van der Waals surface area contributed by atoms with Crippen LogP contribution in [-0.2, 0) is 0 Å². The van der Waals surface area contributed by atoms with Crippen LogP contribution in [0.5, 0.6) is 11.5 Å². The first-order chi connectivity index (χ1) is 15.5. The topological polar surface area (TPSA) is 18.5 Å². The van der Waals surface area contributed by atoms with E-state index in [1.54, 1.807) is 0 Å². The van der Waals surface area contributed by atoms with Gasteiger partial charge in [-0.1, -0.05) is 51.7 Å². The molecule has 3 aliphatic carbocycles. The van der Waals surface area contributed by atoms with Gasteiger partial charge in [-0.2, -0.15) is 8.78 Å². The molecular weight excluding hydrogens is 406 g/mol. The second-order valence-electron chi connectivity index (χ2n) is 10.8. The lowest BCUT2D eigenvalue weighted by Gasteiger charge is -2.34. The maximum Gasteiger partial charge on any atom is 0.204 e. The van der Waals surface area contributed by atoms with Crippen LogP contribution in [0.3, 0.4) is 0 Å². The summed E-state index contributed by atoms with van der Waals surface area (Å²) in [5.41, 5.74) is 0. The van der Waals surface area contributed by atoms with Crippen LogP contribution in [0.2, 0.25) is 0 Å². The molecule has 32 heavy (non-hydrogen) atoms. The molecule has 0 heterocycles. The van der Waals surface area contributed by atoms with E-state index >= 15 is 0 Å².